The van der Waals surface area contributed by atoms with Crippen LogP contribution in [0.3, 0.4) is 0 Å². The van der Waals surface area contributed by atoms with Gasteiger partial charge < -0.3 is 4.48 Å². The fourth-order valence-electron chi connectivity index (χ4n) is 4.59. The van der Waals surface area contributed by atoms with Crippen LogP contribution in [0.15, 0.2) is 48.5 Å². The maximum atomic E-state index is 2.41. The van der Waals surface area contributed by atoms with Crippen molar-refractivity contribution in [1.82, 2.24) is 0 Å². The van der Waals surface area contributed by atoms with Gasteiger partial charge >= 0.3 is 0 Å². The number of aryl methyl sites for hydroxylation is 2. The van der Waals surface area contributed by atoms with E-state index in [9.17, 15) is 0 Å². The van der Waals surface area contributed by atoms with E-state index in [4.69, 9.17) is 0 Å². The average Bonchev–Trinajstić information content (AvgIpc) is 2.67. The molecular formula is C21H26N+. The van der Waals surface area contributed by atoms with Crippen LogP contribution in [0.2, 0.25) is 0 Å². The van der Waals surface area contributed by atoms with E-state index >= 15 is 0 Å². The second-order valence-corrected chi connectivity index (χ2v) is 7.78. The smallest absolute Gasteiger partial charge is 0.0794 e. The molecule has 22 heavy (non-hydrogen) atoms. The molecule has 114 valence electrons. The van der Waals surface area contributed by atoms with E-state index in [0.29, 0.717) is 0 Å². The van der Waals surface area contributed by atoms with Gasteiger partial charge in [-0.1, -0.05) is 48.5 Å². The Morgan fingerprint density at radius 3 is 1.68 bits per heavy atom. The predicted molar refractivity (Wildman–Crippen MR) is 92.1 cm³/mol. The van der Waals surface area contributed by atoms with E-state index < -0.39 is 0 Å². The van der Waals surface area contributed by atoms with E-state index in [1.807, 2.05) is 0 Å². The molecule has 1 spiro atoms. The van der Waals surface area contributed by atoms with Gasteiger partial charge in [-0.2, -0.15) is 0 Å². The Labute approximate surface area is 134 Å². The highest BCUT2D eigenvalue weighted by molar-refractivity contribution is 5.50. The summed E-state index contributed by atoms with van der Waals surface area (Å²) in [5.41, 5.74) is 6.62. The van der Waals surface area contributed by atoms with Crippen LogP contribution in [-0.4, -0.2) is 31.7 Å². The maximum absolute atomic E-state index is 2.41. The molecule has 1 saturated heterocycles. The number of likely N-dealkylation sites (tertiary alicyclic amines) is 1. The fourth-order valence-corrected chi connectivity index (χ4v) is 4.59. The monoisotopic (exact) mass is 292 g/mol. The minimum Gasteiger partial charge on any atom is -0.328 e. The zero-order chi connectivity index (χ0) is 15.2. The minimum atomic E-state index is 0.247. The summed E-state index contributed by atoms with van der Waals surface area (Å²) in [5, 5.41) is 0. The van der Waals surface area contributed by atoms with Crippen LogP contribution in [0.5, 0.6) is 0 Å². The summed E-state index contributed by atoms with van der Waals surface area (Å²) in [4.78, 5) is 0. The topological polar surface area (TPSA) is 0 Å². The second-order valence-electron chi connectivity index (χ2n) is 7.78. The van der Waals surface area contributed by atoms with Crippen LogP contribution in [0.4, 0.5) is 0 Å². The lowest BCUT2D eigenvalue weighted by Crippen LogP contribution is -2.51. The van der Waals surface area contributed by atoms with Gasteiger partial charge in [-0.3, -0.25) is 0 Å². The van der Waals surface area contributed by atoms with Gasteiger partial charge in [0.05, 0.1) is 27.2 Å². The first-order valence-electron chi connectivity index (χ1n) is 8.60. The molecular weight excluding hydrogens is 266 g/mol. The summed E-state index contributed by atoms with van der Waals surface area (Å²) in [5.74, 6) is 0. The molecule has 0 atom stereocenters. The van der Waals surface area contributed by atoms with Crippen molar-refractivity contribution in [2.45, 2.75) is 31.1 Å². The molecule has 1 aliphatic carbocycles. The first kappa shape index (κ1) is 14.0. The van der Waals surface area contributed by atoms with Crippen LogP contribution >= 0.6 is 0 Å². The molecule has 0 unspecified atom stereocenters. The van der Waals surface area contributed by atoms with Crippen molar-refractivity contribution in [3.63, 3.8) is 0 Å². The van der Waals surface area contributed by atoms with Crippen LogP contribution in [0.1, 0.15) is 35.1 Å². The molecule has 1 aliphatic heterocycles. The zero-order valence-electron chi connectivity index (χ0n) is 13.8. The highest BCUT2D eigenvalue weighted by Crippen LogP contribution is 2.47. The molecule has 4 rings (SSSR count). The van der Waals surface area contributed by atoms with Crippen molar-refractivity contribution in [2.75, 3.05) is 27.2 Å². The summed E-state index contributed by atoms with van der Waals surface area (Å²) < 4.78 is 1.16. The molecule has 2 aromatic carbocycles. The zero-order valence-corrected chi connectivity index (χ0v) is 13.8. The van der Waals surface area contributed by atoms with E-state index in [-0.39, 0.29) is 5.41 Å². The van der Waals surface area contributed by atoms with Gasteiger partial charge in [-0.05, 0) is 35.1 Å². The van der Waals surface area contributed by atoms with Crippen molar-refractivity contribution in [2.24, 2.45) is 0 Å². The molecule has 0 aromatic heterocycles. The number of nitrogens with zero attached hydrogens (tertiary/aromatic N) is 1. The molecule has 1 heterocycles. The second kappa shape index (κ2) is 4.96. The highest BCUT2D eigenvalue weighted by atomic mass is 15.3. The Bertz CT molecular complexity index is 639. The van der Waals surface area contributed by atoms with Crippen molar-refractivity contribution >= 4 is 0 Å². The summed E-state index contributed by atoms with van der Waals surface area (Å²) in [6.45, 7) is 2.53. The summed E-state index contributed by atoms with van der Waals surface area (Å²) in [6.07, 6.45) is 4.92. The number of rotatable bonds is 0. The Hall–Kier alpha value is -1.60. The molecule has 2 aromatic rings. The summed E-state index contributed by atoms with van der Waals surface area (Å²) >= 11 is 0. The van der Waals surface area contributed by atoms with E-state index in [0.717, 1.165) is 4.48 Å². The van der Waals surface area contributed by atoms with E-state index in [1.165, 1.54) is 38.8 Å². The Kier molecular flexibility index (Phi) is 3.16. The Balaban J connectivity index is 1.92. The van der Waals surface area contributed by atoms with Crippen LogP contribution in [-0.2, 0) is 18.3 Å². The third kappa shape index (κ3) is 2.11. The standard InChI is InChI=1S/C21H26N/c1-22(2)15-13-21(14-16-22)19-9-5-3-7-17(19)11-12-18-8-4-6-10-20(18)21/h3-10H,11-16H2,1-2H3/q+1. The number of benzene rings is 2. The Morgan fingerprint density at radius 1 is 0.727 bits per heavy atom. The molecule has 0 radical (unpaired) electrons. The molecule has 0 N–H and O–H groups in total. The van der Waals surface area contributed by atoms with Crippen molar-refractivity contribution in [1.29, 1.82) is 0 Å². The number of quaternary nitrogens is 1. The molecule has 1 fully saturated rings. The highest BCUT2D eigenvalue weighted by Gasteiger charge is 2.44. The molecule has 1 nitrogen and oxygen atoms in total. The van der Waals surface area contributed by atoms with E-state index in [1.54, 1.807) is 22.3 Å². The number of hydrogen-bond acceptors (Lipinski definition) is 0. The third-order valence-corrected chi connectivity index (χ3v) is 6.02. The quantitative estimate of drug-likeness (QED) is 0.645. The summed E-state index contributed by atoms with van der Waals surface area (Å²) in [7, 11) is 4.75. The van der Waals surface area contributed by atoms with Crippen molar-refractivity contribution in [3.05, 3.63) is 70.8 Å². The van der Waals surface area contributed by atoms with Gasteiger partial charge in [0.1, 0.15) is 0 Å². The van der Waals surface area contributed by atoms with E-state index in [2.05, 4.69) is 62.6 Å². The van der Waals surface area contributed by atoms with Gasteiger partial charge in [0.15, 0.2) is 0 Å². The maximum Gasteiger partial charge on any atom is 0.0794 e. The normalized spacial score (nSPS) is 21.7. The molecule has 0 saturated carbocycles. The predicted octanol–water partition coefficient (Wildman–Crippen LogP) is 3.94. The molecule has 0 amide bonds. The lowest BCUT2D eigenvalue weighted by molar-refractivity contribution is -0.896. The number of hydrogen-bond donors (Lipinski definition) is 0. The van der Waals surface area contributed by atoms with Crippen molar-refractivity contribution in [3.8, 4) is 0 Å². The SMILES string of the molecule is C[N+]1(C)CCC2(CC1)c1ccccc1CCc1ccccc12. The fraction of sp³-hybridized carbons (Fsp3) is 0.429. The average molecular weight is 292 g/mol. The number of fused-ring (bicyclic) bond motifs is 4. The van der Waals surface area contributed by atoms with Gasteiger partial charge in [0.25, 0.3) is 0 Å². The van der Waals surface area contributed by atoms with Gasteiger partial charge in [0, 0.05) is 18.3 Å². The first-order valence-corrected chi connectivity index (χ1v) is 8.60. The third-order valence-electron chi connectivity index (χ3n) is 6.02. The van der Waals surface area contributed by atoms with Crippen LogP contribution in [0.25, 0.3) is 0 Å². The lowest BCUT2D eigenvalue weighted by Gasteiger charge is -2.46. The van der Waals surface area contributed by atoms with Gasteiger partial charge in [0.2, 0.25) is 0 Å². The van der Waals surface area contributed by atoms with Crippen molar-refractivity contribution < 1.29 is 4.48 Å². The van der Waals surface area contributed by atoms with Crippen LogP contribution in [0, 0.1) is 0 Å². The molecule has 2 aliphatic rings. The molecule has 1 heteroatoms. The number of piperidine rings is 1. The lowest BCUT2D eigenvalue weighted by atomic mass is 9.66. The van der Waals surface area contributed by atoms with Gasteiger partial charge in [-0.15, -0.1) is 0 Å². The summed E-state index contributed by atoms with van der Waals surface area (Å²) in [6, 6.07) is 18.4. The largest absolute Gasteiger partial charge is 0.328 e. The first-order chi connectivity index (χ1) is 10.6. The minimum absolute atomic E-state index is 0.247. The molecule has 0 bridgehead atoms. The van der Waals surface area contributed by atoms with Crippen LogP contribution < -0.4 is 0 Å². The Morgan fingerprint density at radius 2 is 1.18 bits per heavy atom. The van der Waals surface area contributed by atoms with Gasteiger partial charge in [-0.25, -0.2) is 0 Å².